The van der Waals surface area contributed by atoms with Gasteiger partial charge < -0.3 is 4.57 Å². The second-order valence-electron chi connectivity index (χ2n) is 12.9. The molecule has 0 atom stereocenters. The number of imidazole rings is 1. The van der Waals surface area contributed by atoms with Crippen LogP contribution in [0.5, 0.6) is 0 Å². The average molecular weight is 889 g/mol. The van der Waals surface area contributed by atoms with Crippen LogP contribution in [0.15, 0.2) is 146 Å². The van der Waals surface area contributed by atoms with Gasteiger partial charge in [-0.15, -0.1) is 18.2 Å². The van der Waals surface area contributed by atoms with Crippen LogP contribution >= 0.6 is 11.3 Å². The van der Waals surface area contributed by atoms with Gasteiger partial charge in [-0.05, 0) is 39.7 Å². The molecule has 0 amide bonds. The molecule has 9 aromatic rings. The first-order chi connectivity index (χ1) is 23.5. The van der Waals surface area contributed by atoms with E-state index in [1.165, 1.54) is 35.3 Å². The van der Waals surface area contributed by atoms with Gasteiger partial charge in [0.05, 0.1) is 16.9 Å². The molecule has 3 nitrogen and oxygen atoms in total. The van der Waals surface area contributed by atoms with Crippen molar-refractivity contribution in [3.05, 3.63) is 158 Å². The average Bonchev–Trinajstić information content (AvgIpc) is 3.72. The van der Waals surface area contributed by atoms with E-state index in [2.05, 4.69) is 148 Å². The topological polar surface area (TPSA) is 30.7 Å². The molecular weight excluding hydrogens is 855 g/mol. The molecule has 0 saturated carbocycles. The quantitative estimate of drug-likeness (QED) is 0.130. The second-order valence-corrected chi connectivity index (χ2v) is 24.6. The van der Waals surface area contributed by atoms with Crippen LogP contribution < -0.4 is 4.40 Å². The van der Waals surface area contributed by atoms with Crippen molar-refractivity contribution in [2.75, 3.05) is 0 Å². The van der Waals surface area contributed by atoms with Crippen LogP contribution in [0.25, 0.3) is 70.3 Å². The number of aromatic nitrogens is 3. The number of fused-ring (bicyclic) bond motifs is 6. The standard InChI is InChI=1S/C29H17N2S.C14H16GeN.Ir/c1-2-10-20(11-3-1)31-27-21-12-5-4-9-19(21)17-18-25(27)30-29(31)24-15-8-14-23-22-13-6-7-16-26(22)32-28(23)24;1-15(2,3)13-9-10-14(16-11-13)12-7-5-4-6-8-12;/h1-14,16-18H;4-7,9-11H,1-3H3;/q2*-1;. The van der Waals surface area contributed by atoms with Gasteiger partial charge in [-0.1, -0.05) is 77.7 Å². The normalized spacial score (nSPS) is 11.4. The number of hydrogen-bond acceptors (Lipinski definition) is 3. The summed E-state index contributed by atoms with van der Waals surface area (Å²) in [6, 6.07) is 55.2. The third-order valence-electron chi connectivity index (χ3n) is 8.73. The van der Waals surface area contributed by atoms with Gasteiger partial charge in [-0.25, -0.2) is 0 Å². The molecule has 0 aliphatic rings. The van der Waals surface area contributed by atoms with Crippen LogP contribution in [0, 0.1) is 12.1 Å². The van der Waals surface area contributed by atoms with E-state index in [0.717, 1.165) is 39.4 Å². The number of thiophene rings is 1. The van der Waals surface area contributed by atoms with Crippen molar-refractivity contribution in [2.24, 2.45) is 0 Å². The van der Waals surface area contributed by atoms with E-state index in [0.29, 0.717) is 0 Å². The summed E-state index contributed by atoms with van der Waals surface area (Å²) in [7, 11) is 0. The fraction of sp³-hybridized carbons (Fsp3) is 0.0698. The van der Waals surface area contributed by atoms with Crippen LogP contribution in [0.2, 0.25) is 17.3 Å². The number of rotatable bonds is 4. The Morgan fingerprint density at radius 3 is 2.16 bits per heavy atom. The predicted octanol–water partition coefficient (Wildman–Crippen LogP) is 11.1. The van der Waals surface area contributed by atoms with Crippen molar-refractivity contribution in [1.29, 1.82) is 0 Å². The molecule has 241 valence electrons. The maximum absolute atomic E-state index is 5.17. The number of nitrogens with zero attached hydrogens (tertiary/aromatic N) is 3. The Kier molecular flexibility index (Phi) is 9.36. The summed E-state index contributed by atoms with van der Waals surface area (Å²) in [6.07, 6.45) is 2.04. The van der Waals surface area contributed by atoms with Gasteiger partial charge in [0.25, 0.3) is 0 Å². The summed E-state index contributed by atoms with van der Waals surface area (Å²) in [5.74, 6) is 8.07. The van der Waals surface area contributed by atoms with Crippen LogP contribution in [0.4, 0.5) is 0 Å². The third kappa shape index (κ3) is 6.40. The van der Waals surface area contributed by atoms with Crippen LogP contribution in [-0.2, 0) is 20.1 Å². The zero-order valence-corrected chi connectivity index (χ0v) is 32.7. The Balaban J connectivity index is 0.000000189. The molecule has 0 fully saturated rings. The largest absolute Gasteiger partial charge is 0.333 e. The summed E-state index contributed by atoms with van der Waals surface area (Å²) < 4.78 is 6.26. The van der Waals surface area contributed by atoms with E-state index in [-0.39, 0.29) is 20.1 Å². The summed E-state index contributed by atoms with van der Waals surface area (Å²) in [5.41, 5.74) is 6.36. The van der Waals surface area contributed by atoms with Crippen LogP contribution in [0.1, 0.15) is 0 Å². The molecule has 0 bridgehead atoms. The fourth-order valence-electron chi connectivity index (χ4n) is 6.24. The van der Waals surface area contributed by atoms with E-state index in [1.54, 1.807) is 0 Å². The van der Waals surface area contributed by atoms with E-state index in [4.69, 9.17) is 4.98 Å². The van der Waals surface area contributed by atoms with Gasteiger partial charge in [0, 0.05) is 35.9 Å². The summed E-state index contributed by atoms with van der Waals surface area (Å²) in [6.45, 7) is 0. The molecule has 0 saturated heterocycles. The first-order valence-electron chi connectivity index (χ1n) is 16.2. The van der Waals surface area contributed by atoms with Gasteiger partial charge >= 0.3 is 99.8 Å². The molecule has 0 spiro atoms. The smallest absolute Gasteiger partial charge is 0.0781 e. The Bertz CT molecular complexity index is 2530. The molecule has 3 heterocycles. The van der Waals surface area contributed by atoms with Crippen LogP contribution in [-0.4, -0.2) is 27.8 Å². The molecule has 0 aliphatic carbocycles. The number of pyridine rings is 1. The van der Waals surface area contributed by atoms with Gasteiger partial charge in [-0.3, -0.25) is 4.98 Å². The predicted molar refractivity (Wildman–Crippen MR) is 207 cm³/mol. The molecule has 3 aromatic heterocycles. The Morgan fingerprint density at radius 1 is 0.653 bits per heavy atom. The maximum Gasteiger partial charge on any atom is 0.0781 e. The molecule has 6 aromatic carbocycles. The first kappa shape index (κ1) is 33.1. The minimum Gasteiger partial charge on any atom is -0.333 e. The summed E-state index contributed by atoms with van der Waals surface area (Å²) in [5, 5.41) is 4.97. The minimum atomic E-state index is -1.72. The molecule has 49 heavy (non-hydrogen) atoms. The fourth-order valence-corrected chi connectivity index (χ4v) is 9.61. The van der Waals surface area contributed by atoms with Gasteiger partial charge in [0.1, 0.15) is 0 Å². The third-order valence-corrected chi connectivity index (χ3v) is 14.2. The summed E-state index contributed by atoms with van der Waals surface area (Å²) in [4.78, 5) is 9.70. The molecular formula is C43H33GeIrN3S-2. The molecule has 1 radical (unpaired) electrons. The minimum absolute atomic E-state index is 0. The first-order valence-corrected chi connectivity index (χ1v) is 24.3. The van der Waals surface area contributed by atoms with E-state index in [1.807, 2.05) is 47.9 Å². The molecule has 0 unspecified atom stereocenters. The Hall–Kier alpha value is -4.39. The van der Waals surface area contributed by atoms with Gasteiger partial charge in [0.2, 0.25) is 0 Å². The van der Waals surface area contributed by atoms with E-state index >= 15 is 0 Å². The SMILES string of the molecule is [CH3][Ge]([CH3])([CH3])[c]1ccc(-c2[c-]cccc2)nc1.[Ir].[c-]1ccc2c(sc3ccccc32)c1-c1nc2ccc3ccccc3c2n1-c1ccccc1. The van der Waals surface area contributed by atoms with Crippen molar-refractivity contribution < 1.29 is 20.1 Å². The molecule has 9 rings (SSSR count). The van der Waals surface area contributed by atoms with E-state index < -0.39 is 13.3 Å². The van der Waals surface area contributed by atoms with Crippen molar-refractivity contribution in [1.82, 2.24) is 14.5 Å². The van der Waals surface area contributed by atoms with Gasteiger partial charge in [-0.2, -0.15) is 11.3 Å². The number of hydrogen-bond donors (Lipinski definition) is 0. The van der Waals surface area contributed by atoms with Crippen molar-refractivity contribution >= 4 is 71.0 Å². The molecule has 0 N–H and O–H groups in total. The maximum atomic E-state index is 5.17. The van der Waals surface area contributed by atoms with Crippen molar-refractivity contribution in [2.45, 2.75) is 17.3 Å². The monoisotopic (exact) mass is 890 g/mol. The molecule has 0 aliphatic heterocycles. The van der Waals surface area contributed by atoms with Crippen molar-refractivity contribution in [3.63, 3.8) is 0 Å². The second kappa shape index (κ2) is 13.9. The van der Waals surface area contributed by atoms with Crippen molar-refractivity contribution in [3.8, 4) is 28.3 Å². The zero-order chi connectivity index (χ0) is 32.7. The van der Waals surface area contributed by atoms with E-state index in [9.17, 15) is 0 Å². The summed E-state index contributed by atoms with van der Waals surface area (Å²) >= 11 is 0.100. The molecule has 6 heteroatoms. The Labute approximate surface area is 307 Å². The van der Waals surface area contributed by atoms with Gasteiger partial charge in [0.15, 0.2) is 0 Å². The van der Waals surface area contributed by atoms with Crippen LogP contribution in [0.3, 0.4) is 0 Å². The number of para-hydroxylation sites is 1. The number of benzene rings is 6. The zero-order valence-electron chi connectivity index (χ0n) is 27.4. The Morgan fingerprint density at radius 2 is 1.41 bits per heavy atom.